The second kappa shape index (κ2) is 8.99. The van der Waals surface area contributed by atoms with E-state index in [0.717, 1.165) is 11.6 Å². The van der Waals surface area contributed by atoms with Crippen LogP contribution in [0.5, 0.6) is 0 Å². The molecule has 6 heteroatoms. The molecule has 126 valence electrons. The number of nitriles is 1. The highest BCUT2D eigenvalue weighted by Gasteiger charge is 2.07. The topological polar surface area (TPSA) is 82.0 Å². The van der Waals surface area contributed by atoms with Crippen molar-refractivity contribution in [1.29, 1.82) is 5.26 Å². The minimum absolute atomic E-state index is 0.0217. The highest BCUT2D eigenvalue weighted by molar-refractivity contribution is 5.94. The summed E-state index contributed by atoms with van der Waals surface area (Å²) in [4.78, 5) is 23.4. The lowest BCUT2D eigenvalue weighted by Crippen LogP contribution is -2.36. The van der Waals surface area contributed by atoms with E-state index in [9.17, 15) is 14.0 Å². The summed E-state index contributed by atoms with van der Waals surface area (Å²) in [6.07, 6.45) is 2.97. The average molecular weight is 337 g/mol. The van der Waals surface area contributed by atoms with Crippen LogP contribution in [0.25, 0.3) is 6.08 Å². The van der Waals surface area contributed by atoms with Gasteiger partial charge < -0.3 is 10.6 Å². The molecule has 0 heterocycles. The Balaban J connectivity index is 1.76. The lowest BCUT2D eigenvalue weighted by atomic mass is 10.1. The van der Waals surface area contributed by atoms with E-state index in [4.69, 9.17) is 5.26 Å². The van der Waals surface area contributed by atoms with Crippen molar-refractivity contribution in [2.24, 2.45) is 0 Å². The van der Waals surface area contributed by atoms with Gasteiger partial charge in [0.15, 0.2) is 0 Å². The van der Waals surface area contributed by atoms with Crippen LogP contribution in [0.4, 0.5) is 4.39 Å². The number of carbonyl (C=O) groups excluding carboxylic acids is 2. The van der Waals surface area contributed by atoms with Gasteiger partial charge >= 0.3 is 0 Å². The van der Waals surface area contributed by atoms with Gasteiger partial charge in [-0.1, -0.05) is 36.4 Å². The molecule has 0 fully saturated rings. The van der Waals surface area contributed by atoms with Gasteiger partial charge in [-0.3, -0.25) is 9.59 Å². The Labute approximate surface area is 144 Å². The van der Waals surface area contributed by atoms with Crippen molar-refractivity contribution in [2.75, 3.05) is 6.54 Å². The van der Waals surface area contributed by atoms with Crippen LogP contribution in [0.1, 0.15) is 16.7 Å². The lowest BCUT2D eigenvalue weighted by molar-refractivity contribution is -0.124. The first-order valence-corrected chi connectivity index (χ1v) is 7.54. The van der Waals surface area contributed by atoms with Crippen LogP contribution in [0.2, 0.25) is 0 Å². The third kappa shape index (κ3) is 5.92. The first kappa shape index (κ1) is 17.9. The average Bonchev–Trinajstić information content (AvgIpc) is 2.64. The Bertz CT molecular complexity index is 826. The largest absolute Gasteiger partial charge is 0.350 e. The van der Waals surface area contributed by atoms with E-state index >= 15 is 0 Å². The number of benzene rings is 2. The molecule has 0 aliphatic rings. The fourth-order valence-electron chi connectivity index (χ4n) is 1.98. The molecule has 0 unspecified atom stereocenters. The van der Waals surface area contributed by atoms with Crippen molar-refractivity contribution in [3.63, 3.8) is 0 Å². The number of nitrogens with zero attached hydrogens (tertiary/aromatic N) is 1. The summed E-state index contributed by atoms with van der Waals surface area (Å²) in [5.41, 5.74) is 1.35. The van der Waals surface area contributed by atoms with Crippen molar-refractivity contribution in [3.8, 4) is 6.07 Å². The minimum Gasteiger partial charge on any atom is -0.350 e. The summed E-state index contributed by atoms with van der Waals surface area (Å²) in [5, 5.41) is 13.6. The lowest BCUT2D eigenvalue weighted by Gasteiger charge is -2.07. The van der Waals surface area contributed by atoms with Crippen LogP contribution in [0.3, 0.4) is 0 Å². The van der Waals surface area contributed by atoms with Crippen molar-refractivity contribution in [2.45, 2.75) is 6.54 Å². The van der Waals surface area contributed by atoms with Gasteiger partial charge in [0, 0.05) is 18.2 Å². The molecule has 0 spiro atoms. The number of rotatable bonds is 6. The zero-order valence-electron chi connectivity index (χ0n) is 13.3. The highest BCUT2D eigenvalue weighted by atomic mass is 19.1. The van der Waals surface area contributed by atoms with E-state index in [1.807, 2.05) is 36.4 Å². The van der Waals surface area contributed by atoms with E-state index < -0.39 is 17.6 Å². The monoisotopic (exact) mass is 337 g/mol. The first-order chi connectivity index (χ1) is 12.1. The molecule has 2 rings (SSSR count). The molecule has 2 amide bonds. The van der Waals surface area contributed by atoms with Crippen molar-refractivity contribution in [3.05, 3.63) is 77.1 Å². The number of carbonyl (C=O) groups is 2. The Hall–Kier alpha value is -3.46. The van der Waals surface area contributed by atoms with E-state index in [0.29, 0.717) is 0 Å². The van der Waals surface area contributed by atoms with Crippen LogP contribution in [-0.4, -0.2) is 18.4 Å². The minimum atomic E-state index is -0.561. The number of hydrogen-bond donors (Lipinski definition) is 2. The summed E-state index contributed by atoms with van der Waals surface area (Å²) < 4.78 is 13.7. The maximum Gasteiger partial charge on any atom is 0.244 e. The zero-order chi connectivity index (χ0) is 18.1. The van der Waals surface area contributed by atoms with E-state index in [1.165, 1.54) is 18.2 Å². The fraction of sp³-hybridized carbons (Fsp3) is 0.105. The Morgan fingerprint density at radius 2 is 1.88 bits per heavy atom. The molecule has 2 N–H and O–H groups in total. The molecular formula is C19H16FN3O2. The maximum absolute atomic E-state index is 13.7. The number of hydrogen-bond acceptors (Lipinski definition) is 3. The van der Waals surface area contributed by atoms with Gasteiger partial charge in [0.2, 0.25) is 11.8 Å². The fourth-order valence-corrected chi connectivity index (χ4v) is 1.98. The Morgan fingerprint density at radius 1 is 1.12 bits per heavy atom. The SMILES string of the molecule is N#Cc1ccc(CNC(=O)CNC(=O)/C=C/c2ccccc2)c(F)c1. The third-order valence-corrected chi connectivity index (χ3v) is 3.31. The van der Waals surface area contributed by atoms with Crippen LogP contribution in [0, 0.1) is 17.1 Å². The van der Waals surface area contributed by atoms with Gasteiger partial charge in [0.25, 0.3) is 0 Å². The summed E-state index contributed by atoms with van der Waals surface area (Å²) >= 11 is 0. The second-order valence-corrected chi connectivity index (χ2v) is 5.16. The predicted octanol–water partition coefficient (Wildman–Crippen LogP) is 2.14. The molecule has 0 aromatic heterocycles. The molecule has 0 saturated heterocycles. The molecule has 0 saturated carbocycles. The quantitative estimate of drug-likeness (QED) is 0.793. The summed E-state index contributed by atoms with van der Waals surface area (Å²) in [6.45, 7) is -0.234. The molecule has 0 atom stereocenters. The van der Waals surface area contributed by atoms with Gasteiger partial charge in [-0.05, 0) is 23.8 Å². The molecule has 0 radical (unpaired) electrons. The molecule has 5 nitrogen and oxygen atoms in total. The number of amides is 2. The molecular weight excluding hydrogens is 321 g/mol. The first-order valence-electron chi connectivity index (χ1n) is 7.54. The van der Waals surface area contributed by atoms with E-state index in [2.05, 4.69) is 10.6 Å². The van der Waals surface area contributed by atoms with Gasteiger partial charge in [-0.15, -0.1) is 0 Å². The highest BCUT2D eigenvalue weighted by Crippen LogP contribution is 2.09. The van der Waals surface area contributed by atoms with Crippen LogP contribution in [0.15, 0.2) is 54.6 Å². The van der Waals surface area contributed by atoms with Crippen LogP contribution in [-0.2, 0) is 16.1 Å². The Kier molecular flexibility index (Phi) is 6.43. The second-order valence-electron chi connectivity index (χ2n) is 5.16. The van der Waals surface area contributed by atoms with E-state index in [-0.39, 0.29) is 24.2 Å². The van der Waals surface area contributed by atoms with Gasteiger partial charge in [-0.25, -0.2) is 4.39 Å². The number of halogens is 1. The van der Waals surface area contributed by atoms with Gasteiger partial charge in [0.05, 0.1) is 18.2 Å². The van der Waals surface area contributed by atoms with Crippen molar-refractivity contribution >= 4 is 17.9 Å². The molecule has 2 aromatic carbocycles. The van der Waals surface area contributed by atoms with Gasteiger partial charge in [0.1, 0.15) is 5.82 Å². The zero-order valence-corrected chi connectivity index (χ0v) is 13.3. The van der Waals surface area contributed by atoms with Crippen molar-refractivity contribution < 1.29 is 14.0 Å². The maximum atomic E-state index is 13.7. The standard InChI is InChI=1S/C19H16FN3O2/c20-17-10-15(11-21)6-8-16(17)12-22-19(25)13-23-18(24)9-7-14-4-2-1-3-5-14/h1-10H,12-13H2,(H,22,25)(H,23,24)/b9-7+. The molecule has 0 aliphatic carbocycles. The summed E-state index contributed by atoms with van der Waals surface area (Å²) in [6, 6.07) is 15.1. The predicted molar refractivity (Wildman–Crippen MR) is 91.4 cm³/mol. The third-order valence-electron chi connectivity index (χ3n) is 3.31. The Morgan fingerprint density at radius 3 is 2.56 bits per heavy atom. The normalized spacial score (nSPS) is 10.2. The number of nitrogens with one attached hydrogen (secondary N) is 2. The molecule has 2 aromatic rings. The van der Waals surface area contributed by atoms with E-state index in [1.54, 1.807) is 6.08 Å². The molecule has 0 aliphatic heterocycles. The van der Waals surface area contributed by atoms with Crippen LogP contribution >= 0.6 is 0 Å². The summed E-state index contributed by atoms with van der Waals surface area (Å²) in [5.74, 6) is -1.40. The smallest absolute Gasteiger partial charge is 0.244 e. The molecule has 0 bridgehead atoms. The summed E-state index contributed by atoms with van der Waals surface area (Å²) in [7, 11) is 0. The molecule has 25 heavy (non-hydrogen) atoms. The van der Waals surface area contributed by atoms with Crippen LogP contribution < -0.4 is 10.6 Å². The van der Waals surface area contributed by atoms with Gasteiger partial charge in [-0.2, -0.15) is 5.26 Å². The van der Waals surface area contributed by atoms with Crippen molar-refractivity contribution in [1.82, 2.24) is 10.6 Å².